The third-order valence-electron chi connectivity index (χ3n) is 20.0. The van der Waals surface area contributed by atoms with Crippen LogP contribution in [-0.2, 0) is 124 Å². The Kier molecular flexibility index (Phi) is 55.1. The largest absolute Gasteiger partial charge is 0.512 e. The van der Waals surface area contributed by atoms with Crippen LogP contribution in [0.1, 0.15) is 158 Å². The minimum Gasteiger partial charge on any atom is -0.512 e. The van der Waals surface area contributed by atoms with E-state index in [1.165, 1.54) is 204 Å². The van der Waals surface area contributed by atoms with E-state index in [0.29, 0.717) is 0 Å². The van der Waals surface area contributed by atoms with Crippen LogP contribution in [0.4, 0.5) is 0 Å². The molecule has 15 rings (SSSR count). The van der Waals surface area contributed by atoms with Crippen LogP contribution in [-0.4, -0.2) is 87.4 Å². The van der Waals surface area contributed by atoms with E-state index in [1.54, 1.807) is 0 Å². The number of allylic oxidation sites excluding steroid dienone is 10. The number of carbonyl (C=O) groups is 5. The summed E-state index contributed by atoms with van der Waals surface area (Å²) in [5.74, 6) is -0.312. The fraction of sp³-hybridized carbons (Fsp3) is 0.244. The molecule has 0 atom stereocenters. The summed E-state index contributed by atoms with van der Waals surface area (Å²) in [5.41, 5.74) is 34.3. The standard InChI is InChI=1S/C20H22NSi.C20H20N.C19H18N.C18H16N.C17H14N.5C5H8O2.5Ir/c1-14-10-15(2)12-17(11-14)20-8-6-16-13-18(22(3,4)5)7-9-19(16)21-20;1-12-6-13(2)9-17(8-12)18-11-16(5)20-15(4)7-14(3)10-19(20)21-18;1-12-7-13(2)10-16(9-12)18-6-5-17-15(4)8-14(3)11-19(17)20-18;1-12-4-6-17-15(9-12)5-7-18(19-17)16-10-13(2)8-14(3)11-16;1-12-6-5-8-14(10-12)17-13(2)16-9-4-3-7-15(16)11-18-17;5*1-4(6)3-5(2)7;;;;;/h6-11,13H,1-5H3;6-8,10-11H,1-5H3;5-9,11H,1-4H3;4-10H,1-3H3;3-7,9-11H,1-2H3;5*3,6H,1-2H3;;;;;/q5*-1;;;;;;;;;;. The number of rotatable bonds is 11. The van der Waals surface area contributed by atoms with E-state index in [0.717, 1.165) is 101 Å². The second-order valence-corrected chi connectivity index (χ2v) is 40.6. The van der Waals surface area contributed by atoms with Gasteiger partial charge in [-0.3, -0.25) is 43.9 Å². The molecule has 5 N–H and O–H groups in total. The van der Waals surface area contributed by atoms with E-state index < -0.39 is 8.07 Å². The Morgan fingerprint density at radius 2 is 0.629 bits per heavy atom. The smallest absolute Gasteiger partial charge is 0.155 e. The summed E-state index contributed by atoms with van der Waals surface area (Å²) in [6, 6.07) is 85.3. The first-order chi connectivity index (χ1) is 63.3. The van der Waals surface area contributed by atoms with Gasteiger partial charge in [-0.2, -0.15) is 0 Å². The van der Waals surface area contributed by atoms with Crippen LogP contribution >= 0.6 is 0 Å². The molecular formula is C119H130Ir5N5O10Si-5. The van der Waals surface area contributed by atoms with Gasteiger partial charge in [0.15, 0.2) is 28.9 Å². The topological polar surface area (TPSA) is 251 Å². The first-order valence-electron chi connectivity index (χ1n) is 44.6. The maximum Gasteiger partial charge on any atom is 0.155 e. The molecule has 21 heteroatoms. The zero-order chi connectivity index (χ0) is 101. The molecule has 5 radical (unpaired) electrons. The second kappa shape index (κ2) is 60.8. The van der Waals surface area contributed by atoms with Gasteiger partial charge in [0.1, 0.15) is 0 Å². The van der Waals surface area contributed by atoms with Gasteiger partial charge >= 0.3 is 0 Å². The first kappa shape index (κ1) is 127. The molecule has 15 nitrogen and oxygen atoms in total. The van der Waals surface area contributed by atoms with Crippen molar-refractivity contribution in [2.24, 2.45) is 0 Å². The van der Waals surface area contributed by atoms with E-state index in [2.05, 4.69) is 348 Å². The SMILES string of the molecule is CC(=O)C=C(C)O.CC(=O)C=C(C)O.CC(=O)C=C(C)O.CC(=O)C=C(C)O.CC(=O)C=C(C)O.Cc1[c-]c(-c2cc(C)c3c(C)cc(C)cc3n2)cc(C)c1.Cc1[c-]c(-c2ccc3c(C)cc(C)cc3n2)cc(C)c1.Cc1[c-]c(-c2ccc3cc(C)ccc3n2)cc(C)c1.Cc1[c-]c(-c2ccc3cc([Si](C)(C)C)ccc3n2)cc(C)c1.Cc1cc[c-]c(-c2ncc3ccccc3c2C)c1.[Ir].[Ir].[Ir].[Ir].[Ir]. The number of carbonyl (C=O) groups excluding carboxylic acids is 5. The molecule has 0 fully saturated rings. The summed E-state index contributed by atoms with van der Waals surface area (Å²) >= 11 is 0. The van der Waals surface area contributed by atoms with E-state index in [-0.39, 0.29) is 158 Å². The average Bonchev–Trinajstić information content (AvgIpc) is 0.778. The maximum absolute atomic E-state index is 10.0. The van der Waals surface area contributed by atoms with Gasteiger partial charge < -0.3 is 30.5 Å². The van der Waals surface area contributed by atoms with Crippen molar-refractivity contribution in [2.75, 3.05) is 0 Å². The molecule has 10 aromatic carbocycles. The summed E-state index contributed by atoms with van der Waals surface area (Å²) in [5, 5.41) is 50.7. The van der Waals surface area contributed by atoms with Crippen molar-refractivity contribution in [3.05, 3.63) is 379 Å². The molecule has 0 aliphatic rings. The molecule has 0 saturated heterocycles. The molecule has 0 amide bonds. The molecular weight excluding hydrogens is 2650 g/mol. The van der Waals surface area contributed by atoms with Crippen LogP contribution in [0.5, 0.6) is 0 Å². The number of aryl methyl sites for hydroxylation is 16. The van der Waals surface area contributed by atoms with Crippen LogP contribution in [0.25, 0.3) is 111 Å². The van der Waals surface area contributed by atoms with E-state index >= 15 is 0 Å². The number of ketones is 5. The van der Waals surface area contributed by atoms with Gasteiger partial charge in [-0.05, 0) is 226 Å². The molecule has 0 bridgehead atoms. The van der Waals surface area contributed by atoms with E-state index in [1.807, 2.05) is 18.3 Å². The van der Waals surface area contributed by atoms with Gasteiger partial charge in [-0.15, -0.1) is 175 Å². The van der Waals surface area contributed by atoms with Crippen molar-refractivity contribution in [2.45, 2.75) is 200 Å². The number of hydrogen-bond donors (Lipinski definition) is 5. The number of nitrogens with zero attached hydrogens (tertiary/aromatic N) is 5. The molecule has 0 spiro atoms. The van der Waals surface area contributed by atoms with Crippen LogP contribution in [0.3, 0.4) is 0 Å². The first-order valence-corrected chi connectivity index (χ1v) is 48.1. The van der Waals surface area contributed by atoms with Crippen LogP contribution < -0.4 is 5.19 Å². The van der Waals surface area contributed by atoms with E-state index in [9.17, 15) is 24.0 Å². The average molecular weight is 2780 g/mol. The summed E-state index contributed by atoms with van der Waals surface area (Å²) in [4.78, 5) is 73.9. The molecule has 140 heavy (non-hydrogen) atoms. The molecule has 0 aliphatic carbocycles. The van der Waals surface area contributed by atoms with E-state index in [4.69, 9.17) is 45.5 Å². The molecule has 745 valence electrons. The fourth-order valence-corrected chi connectivity index (χ4v) is 16.1. The second-order valence-electron chi connectivity index (χ2n) is 35.5. The molecule has 5 heterocycles. The molecule has 5 aromatic heterocycles. The zero-order valence-corrected chi connectivity index (χ0v) is 98.6. The van der Waals surface area contributed by atoms with Gasteiger partial charge in [-0.25, -0.2) is 0 Å². The van der Waals surface area contributed by atoms with Crippen molar-refractivity contribution < 1.29 is 150 Å². The van der Waals surface area contributed by atoms with Gasteiger partial charge in [0.2, 0.25) is 0 Å². The number of aromatic nitrogens is 5. The summed E-state index contributed by atoms with van der Waals surface area (Å²) in [6.45, 7) is 55.1. The predicted octanol–water partition coefficient (Wildman–Crippen LogP) is 29.2. The summed E-state index contributed by atoms with van der Waals surface area (Å²) < 4.78 is 0. The van der Waals surface area contributed by atoms with Crippen molar-refractivity contribution in [3.8, 4) is 56.3 Å². The Balaban J connectivity index is 0.000000800. The Bertz CT molecular complexity index is 6730. The number of aliphatic hydroxyl groups excluding tert-OH is 5. The number of fused-ring (bicyclic) bond motifs is 5. The monoisotopic (exact) mass is 2780 g/mol. The fourth-order valence-electron chi connectivity index (χ4n) is 14.9. The van der Waals surface area contributed by atoms with Gasteiger partial charge in [0.05, 0.1) is 58.9 Å². The van der Waals surface area contributed by atoms with Gasteiger partial charge in [0, 0.05) is 148 Å². The number of hydrogen-bond acceptors (Lipinski definition) is 15. The number of benzene rings is 10. The third kappa shape index (κ3) is 43.9. The quantitative estimate of drug-likeness (QED) is 0.0349. The number of pyridine rings is 5. The minimum absolute atomic E-state index is 0. The van der Waals surface area contributed by atoms with Crippen LogP contribution in [0.2, 0.25) is 19.6 Å². The maximum atomic E-state index is 10.0. The van der Waals surface area contributed by atoms with Crippen LogP contribution in [0, 0.1) is 141 Å². The molecule has 0 aliphatic heterocycles. The molecule has 0 unspecified atom stereocenters. The van der Waals surface area contributed by atoms with Crippen molar-refractivity contribution >= 4 is 96.6 Å². The normalized spacial score (nSPS) is 10.8. The third-order valence-corrected chi connectivity index (χ3v) is 22.1. The number of aliphatic hydroxyl groups is 5. The minimum atomic E-state index is -1.28. The summed E-state index contributed by atoms with van der Waals surface area (Å²) in [6.07, 6.45) is 7.77. The Labute approximate surface area is 898 Å². The molecule has 15 aromatic rings. The predicted molar refractivity (Wildman–Crippen MR) is 564 cm³/mol. The molecule has 0 saturated carbocycles. The van der Waals surface area contributed by atoms with Gasteiger partial charge in [-0.1, -0.05) is 195 Å². The van der Waals surface area contributed by atoms with Gasteiger partial charge in [0.25, 0.3) is 0 Å². The Morgan fingerprint density at radius 3 is 1.01 bits per heavy atom. The van der Waals surface area contributed by atoms with Crippen molar-refractivity contribution in [1.82, 2.24) is 24.9 Å². The van der Waals surface area contributed by atoms with Crippen molar-refractivity contribution in [3.63, 3.8) is 0 Å². The van der Waals surface area contributed by atoms with Crippen LogP contribution in [0.15, 0.2) is 259 Å². The Morgan fingerprint density at radius 1 is 0.293 bits per heavy atom. The zero-order valence-electron chi connectivity index (χ0n) is 85.6. The Hall–Kier alpha value is -11.2. The van der Waals surface area contributed by atoms with Crippen molar-refractivity contribution in [1.29, 1.82) is 0 Å². The summed E-state index contributed by atoms with van der Waals surface area (Å²) in [7, 11) is -1.28.